The molecule has 0 saturated heterocycles. The van der Waals surface area contributed by atoms with E-state index in [2.05, 4.69) is 31.2 Å². The fraction of sp³-hybridized carbons (Fsp3) is 0.214. The minimum absolute atomic E-state index is 0.0298. The van der Waals surface area contributed by atoms with E-state index in [0.29, 0.717) is 16.5 Å². The first kappa shape index (κ1) is 19.9. The minimum Gasteiger partial charge on any atom is -0.406 e. The van der Waals surface area contributed by atoms with Gasteiger partial charge in [-0.2, -0.15) is 0 Å². The molecule has 1 heterocycles. The number of hydrogen-bond donors (Lipinski definition) is 4. The number of benzene rings is 1. The van der Waals surface area contributed by atoms with Gasteiger partial charge in [0.05, 0.1) is 12.1 Å². The summed E-state index contributed by atoms with van der Waals surface area (Å²) in [6.07, 6.45) is -4.70. The van der Waals surface area contributed by atoms with Gasteiger partial charge in [-0.15, -0.1) is 24.5 Å². The molecule has 0 spiro atoms. The third-order valence-electron chi connectivity index (χ3n) is 2.72. The maximum Gasteiger partial charge on any atom is 0.573 e. The van der Waals surface area contributed by atoms with Crippen molar-refractivity contribution >= 4 is 45.4 Å². The number of hydrogen-bond acceptors (Lipinski definition) is 7. The predicted octanol–water partition coefficient (Wildman–Crippen LogP) is 2.45. The molecule has 1 aromatic carbocycles. The van der Waals surface area contributed by atoms with Gasteiger partial charge in [0, 0.05) is 18.1 Å². The van der Waals surface area contributed by atoms with E-state index in [1.807, 2.05) is 0 Å². The van der Waals surface area contributed by atoms with Crippen LogP contribution >= 0.6 is 23.6 Å². The number of aromatic nitrogens is 1. The molecule has 4 N–H and O–H groups in total. The molecule has 140 valence electrons. The molecule has 0 bridgehead atoms. The van der Waals surface area contributed by atoms with E-state index >= 15 is 0 Å². The lowest BCUT2D eigenvalue weighted by Crippen LogP contribution is -2.45. The summed E-state index contributed by atoms with van der Waals surface area (Å²) in [4.78, 5) is 16.0. The Bertz CT molecular complexity index is 765. The van der Waals surface area contributed by atoms with Gasteiger partial charge >= 0.3 is 6.36 Å². The number of carbonyl (C=O) groups is 1. The summed E-state index contributed by atoms with van der Waals surface area (Å²) in [7, 11) is 1.61. The van der Waals surface area contributed by atoms with Crippen molar-refractivity contribution in [2.45, 2.75) is 12.8 Å². The van der Waals surface area contributed by atoms with E-state index in [1.165, 1.54) is 35.6 Å². The lowest BCUT2D eigenvalue weighted by Gasteiger charge is -2.09. The number of ether oxygens (including phenoxy) is 1. The van der Waals surface area contributed by atoms with Crippen LogP contribution in [0, 0.1) is 0 Å². The topological polar surface area (TPSA) is 87.3 Å². The highest BCUT2D eigenvalue weighted by Gasteiger charge is 2.30. The predicted molar refractivity (Wildman–Crippen MR) is 95.2 cm³/mol. The molecule has 0 atom stereocenters. The highest BCUT2D eigenvalue weighted by molar-refractivity contribution is 7.80. The van der Waals surface area contributed by atoms with E-state index in [1.54, 1.807) is 12.4 Å². The number of alkyl halides is 3. The highest BCUT2D eigenvalue weighted by atomic mass is 32.1. The lowest BCUT2D eigenvalue weighted by molar-refractivity contribution is -0.274. The van der Waals surface area contributed by atoms with Gasteiger partial charge in [0.15, 0.2) is 10.2 Å². The van der Waals surface area contributed by atoms with Crippen LogP contribution in [0.25, 0.3) is 0 Å². The standard InChI is InChI=1S/C14H14F3N5O2S2/c1-18-22-12(25)21-11(23)6-9-7-26-13(20-9)19-8-2-4-10(5-3-8)24-14(15,16)17/h2-5,7,18H,6H2,1H3,(H,19,20)(H2,21,22,23,25). The van der Waals surface area contributed by atoms with Gasteiger partial charge < -0.3 is 15.4 Å². The van der Waals surface area contributed by atoms with E-state index in [9.17, 15) is 18.0 Å². The molecule has 0 fully saturated rings. The molecule has 1 aromatic heterocycles. The number of hydrazine groups is 1. The van der Waals surface area contributed by atoms with Crippen molar-refractivity contribution in [3.63, 3.8) is 0 Å². The first-order chi connectivity index (χ1) is 12.2. The van der Waals surface area contributed by atoms with Crippen LogP contribution < -0.4 is 26.2 Å². The second-order valence-corrected chi connectivity index (χ2v) is 6.04. The largest absolute Gasteiger partial charge is 0.573 e. The Balaban J connectivity index is 1.89. The van der Waals surface area contributed by atoms with Crippen LogP contribution in [0.4, 0.5) is 24.0 Å². The van der Waals surface area contributed by atoms with Crippen molar-refractivity contribution in [1.82, 2.24) is 21.2 Å². The molecule has 0 radical (unpaired) electrons. The van der Waals surface area contributed by atoms with Gasteiger partial charge in [0.1, 0.15) is 5.75 Å². The molecule has 1 amide bonds. The van der Waals surface area contributed by atoms with Crippen molar-refractivity contribution in [2.24, 2.45) is 0 Å². The van der Waals surface area contributed by atoms with Crippen molar-refractivity contribution in [1.29, 1.82) is 0 Å². The Hall–Kier alpha value is -2.44. The Morgan fingerprint density at radius 3 is 2.62 bits per heavy atom. The van der Waals surface area contributed by atoms with Gasteiger partial charge in [0.25, 0.3) is 0 Å². The summed E-state index contributed by atoms with van der Waals surface area (Å²) >= 11 is 6.12. The zero-order valence-corrected chi connectivity index (χ0v) is 14.9. The van der Waals surface area contributed by atoms with Crippen molar-refractivity contribution in [3.8, 4) is 5.75 Å². The van der Waals surface area contributed by atoms with Crippen LogP contribution in [0.15, 0.2) is 29.6 Å². The molecule has 12 heteroatoms. The fourth-order valence-electron chi connectivity index (χ4n) is 1.79. The van der Waals surface area contributed by atoms with E-state index < -0.39 is 6.36 Å². The number of nitrogens with one attached hydrogen (secondary N) is 4. The fourth-order valence-corrected chi connectivity index (χ4v) is 2.74. The first-order valence-electron chi connectivity index (χ1n) is 7.09. The van der Waals surface area contributed by atoms with Gasteiger partial charge in [0.2, 0.25) is 5.91 Å². The van der Waals surface area contributed by atoms with Crippen molar-refractivity contribution in [2.75, 3.05) is 12.4 Å². The summed E-state index contributed by atoms with van der Waals surface area (Å²) in [5.41, 5.74) is 6.20. The molecule has 0 aliphatic carbocycles. The van der Waals surface area contributed by atoms with Crippen LogP contribution in [0.1, 0.15) is 5.69 Å². The summed E-state index contributed by atoms with van der Waals surface area (Å²) in [6.45, 7) is 0. The molecule has 2 aromatic rings. The number of nitrogens with zero attached hydrogens (tertiary/aromatic N) is 1. The third kappa shape index (κ3) is 6.82. The molecular weight excluding hydrogens is 391 g/mol. The Morgan fingerprint density at radius 1 is 1.31 bits per heavy atom. The molecule has 0 aliphatic rings. The lowest BCUT2D eigenvalue weighted by atomic mass is 10.3. The van der Waals surface area contributed by atoms with Crippen LogP contribution in [-0.4, -0.2) is 29.4 Å². The number of thiazole rings is 1. The van der Waals surface area contributed by atoms with Gasteiger partial charge in [-0.05, 0) is 36.5 Å². The molecule has 0 unspecified atom stereocenters. The molecular formula is C14H14F3N5O2S2. The quantitative estimate of drug-likeness (QED) is 0.434. The van der Waals surface area contributed by atoms with Crippen molar-refractivity contribution in [3.05, 3.63) is 35.3 Å². The zero-order valence-electron chi connectivity index (χ0n) is 13.3. The third-order valence-corrected chi connectivity index (χ3v) is 3.73. The Morgan fingerprint density at radius 2 is 2.00 bits per heavy atom. The number of amides is 1. The number of carbonyl (C=O) groups excluding carboxylic acids is 1. The Labute approximate surface area is 155 Å². The highest BCUT2D eigenvalue weighted by Crippen LogP contribution is 2.26. The smallest absolute Gasteiger partial charge is 0.406 e. The second kappa shape index (κ2) is 8.78. The van der Waals surface area contributed by atoms with E-state index in [4.69, 9.17) is 12.2 Å². The summed E-state index contributed by atoms with van der Waals surface area (Å²) in [6, 6.07) is 5.23. The van der Waals surface area contributed by atoms with E-state index in [0.717, 1.165) is 0 Å². The summed E-state index contributed by atoms with van der Waals surface area (Å²) in [5.74, 6) is -0.644. The maximum absolute atomic E-state index is 12.1. The molecule has 2 rings (SSSR count). The SMILES string of the molecule is CNNC(=S)NC(=O)Cc1csc(Nc2ccc(OC(F)(F)F)cc2)n1. The molecule has 26 heavy (non-hydrogen) atoms. The normalized spacial score (nSPS) is 10.9. The summed E-state index contributed by atoms with van der Waals surface area (Å²) in [5, 5.41) is 7.74. The molecule has 0 aliphatic heterocycles. The van der Waals surface area contributed by atoms with E-state index in [-0.39, 0.29) is 23.2 Å². The Kier molecular flexibility index (Phi) is 6.71. The average molecular weight is 405 g/mol. The number of halogens is 3. The number of anilines is 2. The van der Waals surface area contributed by atoms with Gasteiger partial charge in [-0.3, -0.25) is 10.2 Å². The number of thiocarbonyl (C=S) groups is 1. The first-order valence-corrected chi connectivity index (χ1v) is 8.38. The molecule has 7 nitrogen and oxygen atoms in total. The monoisotopic (exact) mass is 405 g/mol. The second-order valence-electron chi connectivity index (χ2n) is 4.77. The minimum atomic E-state index is -4.73. The van der Waals surface area contributed by atoms with Crippen LogP contribution in [0.5, 0.6) is 5.75 Å². The zero-order chi connectivity index (χ0) is 19.2. The molecule has 0 saturated carbocycles. The van der Waals surface area contributed by atoms with Crippen LogP contribution in [0.2, 0.25) is 0 Å². The summed E-state index contributed by atoms with van der Waals surface area (Å²) < 4.78 is 40.2. The van der Waals surface area contributed by atoms with Crippen LogP contribution in [0.3, 0.4) is 0 Å². The van der Waals surface area contributed by atoms with Crippen LogP contribution in [-0.2, 0) is 11.2 Å². The van der Waals surface area contributed by atoms with Gasteiger partial charge in [-0.25, -0.2) is 10.4 Å². The maximum atomic E-state index is 12.1. The van der Waals surface area contributed by atoms with Gasteiger partial charge in [-0.1, -0.05) is 0 Å². The number of rotatable bonds is 6. The van der Waals surface area contributed by atoms with Crippen molar-refractivity contribution < 1.29 is 22.7 Å². The average Bonchev–Trinajstić information content (AvgIpc) is 2.94.